The van der Waals surface area contributed by atoms with Crippen LogP contribution in [0.25, 0.3) is 0 Å². The van der Waals surface area contributed by atoms with Crippen LogP contribution in [0.3, 0.4) is 0 Å². The fourth-order valence-corrected chi connectivity index (χ4v) is 4.28. The van der Waals surface area contributed by atoms with Gasteiger partial charge in [0.05, 0.1) is 31.6 Å². The lowest BCUT2D eigenvalue weighted by Gasteiger charge is -2.21. The van der Waals surface area contributed by atoms with Crippen molar-refractivity contribution in [1.82, 2.24) is 9.80 Å². The molecule has 1 saturated carbocycles. The summed E-state index contributed by atoms with van der Waals surface area (Å²) in [6.45, 7) is 4.12. The standard InChI is InChI=1S/C23H31N3O6/c1-4-31-18-11-10-15(12-19(18)32-5-2)24-20(27)13-25(3)21(28)14-26-22(29)16-8-6-7-9-17(16)23(26)30/h10-12,16-17H,4-9,13-14H2,1-3H3,(H,24,27)/t16-,17-/m1/s1. The molecule has 1 saturated heterocycles. The predicted molar refractivity (Wildman–Crippen MR) is 117 cm³/mol. The summed E-state index contributed by atoms with van der Waals surface area (Å²) in [6.07, 6.45) is 3.26. The van der Waals surface area contributed by atoms with Crippen molar-refractivity contribution in [2.24, 2.45) is 11.8 Å². The summed E-state index contributed by atoms with van der Waals surface area (Å²) in [4.78, 5) is 52.5. The number of nitrogens with zero attached hydrogens (tertiary/aromatic N) is 2. The number of nitrogens with one attached hydrogen (secondary N) is 1. The molecule has 1 aromatic rings. The molecule has 1 heterocycles. The number of hydrogen-bond donors (Lipinski definition) is 1. The van der Waals surface area contributed by atoms with Gasteiger partial charge in [-0.05, 0) is 38.8 Å². The van der Waals surface area contributed by atoms with Crippen molar-refractivity contribution in [3.05, 3.63) is 18.2 Å². The number of rotatable bonds is 9. The summed E-state index contributed by atoms with van der Waals surface area (Å²) >= 11 is 0. The highest BCUT2D eigenvalue weighted by Crippen LogP contribution is 2.38. The van der Waals surface area contributed by atoms with E-state index in [0.29, 0.717) is 43.2 Å². The van der Waals surface area contributed by atoms with E-state index in [1.54, 1.807) is 18.2 Å². The van der Waals surface area contributed by atoms with E-state index in [2.05, 4.69) is 5.32 Å². The van der Waals surface area contributed by atoms with Crippen molar-refractivity contribution in [2.45, 2.75) is 39.5 Å². The van der Waals surface area contributed by atoms with E-state index in [-0.39, 0.29) is 36.7 Å². The number of ether oxygens (including phenoxy) is 2. The summed E-state index contributed by atoms with van der Waals surface area (Å²) in [5.41, 5.74) is 0.511. The second-order valence-corrected chi connectivity index (χ2v) is 8.09. The van der Waals surface area contributed by atoms with Crippen molar-refractivity contribution in [3.63, 3.8) is 0 Å². The molecule has 1 N–H and O–H groups in total. The van der Waals surface area contributed by atoms with Crippen molar-refractivity contribution in [3.8, 4) is 11.5 Å². The average molecular weight is 446 g/mol. The second-order valence-electron chi connectivity index (χ2n) is 8.09. The Kier molecular flexibility index (Phi) is 7.71. The van der Waals surface area contributed by atoms with Crippen molar-refractivity contribution in [2.75, 3.05) is 38.7 Å². The van der Waals surface area contributed by atoms with E-state index in [1.165, 1.54) is 11.9 Å². The van der Waals surface area contributed by atoms with E-state index in [1.807, 2.05) is 13.8 Å². The van der Waals surface area contributed by atoms with Crippen LogP contribution in [0.2, 0.25) is 0 Å². The third kappa shape index (κ3) is 5.20. The molecular weight excluding hydrogens is 414 g/mol. The zero-order chi connectivity index (χ0) is 23.3. The molecule has 0 radical (unpaired) electrons. The third-order valence-corrected chi connectivity index (χ3v) is 5.86. The Morgan fingerprint density at radius 2 is 1.62 bits per heavy atom. The maximum absolute atomic E-state index is 12.6. The highest BCUT2D eigenvalue weighted by atomic mass is 16.5. The fourth-order valence-electron chi connectivity index (χ4n) is 4.28. The lowest BCUT2D eigenvalue weighted by molar-refractivity contribution is -0.146. The number of anilines is 1. The zero-order valence-electron chi connectivity index (χ0n) is 18.9. The summed E-state index contributed by atoms with van der Waals surface area (Å²) in [6, 6.07) is 5.07. The van der Waals surface area contributed by atoms with Crippen molar-refractivity contribution < 1.29 is 28.7 Å². The van der Waals surface area contributed by atoms with Crippen LogP contribution in [0.5, 0.6) is 11.5 Å². The smallest absolute Gasteiger partial charge is 0.243 e. The molecule has 0 aromatic heterocycles. The third-order valence-electron chi connectivity index (χ3n) is 5.86. The molecule has 4 amide bonds. The van der Waals surface area contributed by atoms with Gasteiger partial charge in [-0.1, -0.05) is 12.8 Å². The molecule has 3 rings (SSSR count). The van der Waals surface area contributed by atoms with Gasteiger partial charge < -0.3 is 19.7 Å². The molecule has 1 aliphatic carbocycles. The quantitative estimate of drug-likeness (QED) is 0.584. The van der Waals surface area contributed by atoms with Crippen LogP contribution in [0.4, 0.5) is 5.69 Å². The van der Waals surface area contributed by atoms with Crippen molar-refractivity contribution in [1.29, 1.82) is 0 Å². The largest absolute Gasteiger partial charge is 0.490 e. The van der Waals surface area contributed by atoms with Crippen LogP contribution >= 0.6 is 0 Å². The summed E-state index contributed by atoms with van der Waals surface area (Å²) in [5.74, 6) is -0.868. The van der Waals surface area contributed by atoms with Crippen molar-refractivity contribution >= 4 is 29.3 Å². The van der Waals surface area contributed by atoms with E-state index in [9.17, 15) is 19.2 Å². The summed E-state index contributed by atoms with van der Waals surface area (Å²) in [7, 11) is 1.48. The van der Waals surface area contributed by atoms with E-state index in [4.69, 9.17) is 9.47 Å². The van der Waals surface area contributed by atoms with E-state index in [0.717, 1.165) is 17.7 Å². The molecular formula is C23H31N3O6. The predicted octanol–water partition coefficient (Wildman–Crippen LogP) is 2.06. The summed E-state index contributed by atoms with van der Waals surface area (Å²) in [5, 5.41) is 2.73. The van der Waals surface area contributed by atoms with Crippen LogP contribution in [-0.2, 0) is 19.2 Å². The van der Waals surface area contributed by atoms with E-state index >= 15 is 0 Å². The molecule has 1 aliphatic heterocycles. The monoisotopic (exact) mass is 445 g/mol. The van der Waals surface area contributed by atoms with Gasteiger partial charge in [-0.25, -0.2) is 0 Å². The van der Waals surface area contributed by atoms with Gasteiger partial charge in [-0.3, -0.25) is 24.1 Å². The van der Waals surface area contributed by atoms with Crippen LogP contribution in [-0.4, -0.2) is 66.8 Å². The van der Waals surface area contributed by atoms with Crippen LogP contribution < -0.4 is 14.8 Å². The Bertz CT molecular complexity index is 862. The fraction of sp³-hybridized carbons (Fsp3) is 0.565. The van der Waals surface area contributed by atoms with Gasteiger partial charge in [0, 0.05) is 18.8 Å². The summed E-state index contributed by atoms with van der Waals surface area (Å²) < 4.78 is 11.1. The average Bonchev–Trinajstić information content (AvgIpc) is 3.01. The van der Waals surface area contributed by atoms with Crippen LogP contribution in [0, 0.1) is 11.8 Å². The first kappa shape index (κ1) is 23.6. The molecule has 9 nitrogen and oxygen atoms in total. The highest BCUT2D eigenvalue weighted by Gasteiger charge is 2.48. The SMILES string of the molecule is CCOc1ccc(NC(=O)CN(C)C(=O)CN2C(=O)[C@@H]3CCCC[C@H]3C2=O)cc1OCC. The molecule has 174 valence electrons. The highest BCUT2D eigenvalue weighted by molar-refractivity contribution is 6.07. The van der Waals surface area contributed by atoms with Gasteiger partial charge >= 0.3 is 0 Å². The number of amides is 4. The normalized spacial score (nSPS) is 20.0. The Labute approximate surface area is 188 Å². The van der Waals surface area contributed by atoms with E-state index < -0.39 is 11.8 Å². The molecule has 2 aliphatic rings. The number of fused-ring (bicyclic) bond motifs is 1. The number of carbonyl (C=O) groups excluding carboxylic acids is 4. The lowest BCUT2D eigenvalue weighted by atomic mass is 9.81. The first-order valence-corrected chi connectivity index (χ1v) is 11.1. The minimum atomic E-state index is -0.456. The van der Waals surface area contributed by atoms with Gasteiger partial charge in [0.2, 0.25) is 23.6 Å². The van der Waals surface area contributed by atoms with Crippen LogP contribution in [0.15, 0.2) is 18.2 Å². The molecule has 32 heavy (non-hydrogen) atoms. The molecule has 2 atom stereocenters. The molecule has 0 unspecified atom stereocenters. The number of benzene rings is 1. The molecule has 0 spiro atoms. The maximum Gasteiger partial charge on any atom is 0.243 e. The number of carbonyl (C=O) groups is 4. The first-order valence-electron chi connectivity index (χ1n) is 11.1. The zero-order valence-corrected chi connectivity index (χ0v) is 18.9. The van der Waals surface area contributed by atoms with Gasteiger partial charge in [0.15, 0.2) is 11.5 Å². The lowest BCUT2D eigenvalue weighted by Crippen LogP contribution is -2.44. The number of likely N-dealkylation sites (tertiary alicyclic amines) is 1. The number of imide groups is 1. The van der Waals surface area contributed by atoms with Gasteiger partial charge in [0.25, 0.3) is 0 Å². The second kappa shape index (κ2) is 10.5. The minimum Gasteiger partial charge on any atom is -0.490 e. The Morgan fingerprint density at radius 1 is 1.03 bits per heavy atom. The first-order chi connectivity index (χ1) is 15.3. The Balaban J connectivity index is 1.56. The Hall–Kier alpha value is -3.10. The Morgan fingerprint density at radius 3 is 2.22 bits per heavy atom. The molecule has 2 fully saturated rings. The van der Waals surface area contributed by atoms with Crippen LogP contribution in [0.1, 0.15) is 39.5 Å². The number of hydrogen-bond acceptors (Lipinski definition) is 6. The van der Waals surface area contributed by atoms with Gasteiger partial charge in [0.1, 0.15) is 6.54 Å². The molecule has 0 bridgehead atoms. The maximum atomic E-state index is 12.6. The minimum absolute atomic E-state index is 0.209. The molecule has 9 heteroatoms. The van der Waals surface area contributed by atoms with Gasteiger partial charge in [-0.2, -0.15) is 0 Å². The number of likely N-dealkylation sites (N-methyl/N-ethyl adjacent to an activating group) is 1. The topological polar surface area (TPSA) is 105 Å². The van der Waals surface area contributed by atoms with Gasteiger partial charge in [-0.15, -0.1) is 0 Å². The molecule has 1 aromatic carbocycles.